The number of hydrogen-bond acceptors (Lipinski definition) is 4. The Balaban J connectivity index is 2.22. The largest absolute Gasteiger partial charge is 0.368 e. The fourth-order valence-corrected chi connectivity index (χ4v) is 2.60. The molecule has 0 unspecified atom stereocenters. The Hall–Kier alpha value is -2.43. The van der Waals surface area contributed by atoms with Crippen LogP contribution in [0.25, 0.3) is 22.2 Å². The Morgan fingerprint density at radius 1 is 1.20 bits per heavy atom. The van der Waals surface area contributed by atoms with Gasteiger partial charge in [0.2, 0.25) is 5.95 Å². The lowest BCUT2D eigenvalue weighted by Crippen LogP contribution is -1.99. The van der Waals surface area contributed by atoms with E-state index in [1.165, 1.54) is 5.69 Å². The van der Waals surface area contributed by atoms with Crippen LogP contribution in [0.3, 0.4) is 0 Å². The molecule has 2 aromatic heterocycles. The maximum atomic E-state index is 5.65. The first-order valence-electron chi connectivity index (χ1n) is 6.62. The fraction of sp³-hybridized carbons (Fsp3) is 0.267. The topological polar surface area (TPSA) is 69.6 Å². The number of rotatable bonds is 2. The third kappa shape index (κ3) is 2.01. The van der Waals surface area contributed by atoms with E-state index in [9.17, 15) is 0 Å². The van der Waals surface area contributed by atoms with Crippen molar-refractivity contribution in [2.75, 3.05) is 5.73 Å². The van der Waals surface area contributed by atoms with Gasteiger partial charge in [0, 0.05) is 29.9 Å². The van der Waals surface area contributed by atoms with Crippen molar-refractivity contribution in [3.8, 4) is 11.3 Å². The highest BCUT2D eigenvalue weighted by atomic mass is 15.3. The molecular formula is C15H17N5. The predicted octanol–water partition coefficient (Wildman–Crippen LogP) is 2.74. The molecule has 3 rings (SSSR count). The molecule has 0 amide bonds. The number of anilines is 1. The third-order valence-corrected chi connectivity index (χ3v) is 3.40. The number of nitrogen functional groups attached to an aromatic ring is 1. The van der Waals surface area contributed by atoms with Crippen molar-refractivity contribution in [1.29, 1.82) is 0 Å². The highest BCUT2D eigenvalue weighted by molar-refractivity contribution is 5.86. The molecule has 20 heavy (non-hydrogen) atoms. The Morgan fingerprint density at radius 2 is 2.00 bits per heavy atom. The molecular weight excluding hydrogens is 250 g/mol. The smallest absolute Gasteiger partial charge is 0.220 e. The minimum Gasteiger partial charge on any atom is -0.368 e. The Bertz CT molecular complexity index is 773. The van der Waals surface area contributed by atoms with E-state index < -0.39 is 0 Å². The normalized spacial score (nSPS) is 11.4. The van der Waals surface area contributed by atoms with E-state index in [4.69, 9.17) is 5.73 Å². The lowest BCUT2D eigenvalue weighted by molar-refractivity contribution is 0.677. The van der Waals surface area contributed by atoms with Gasteiger partial charge in [0.1, 0.15) is 0 Å². The summed E-state index contributed by atoms with van der Waals surface area (Å²) in [6, 6.07) is 8.03. The summed E-state index contributed by atoms with van der Waals surface area (Å²) in [5.74, 6) is 0.702. The third-order valence-electron chi connectivity index (χ3n) is 3.40. The van der Waals surface area contributed by atoms with Gasteiger partial charge in [-0.15, -0.1) is 0 Å². The molecule has 0 fully saturated rings. The Kier molecular flexibility index (Phi) is 2.89. The molecule has 2 heterocycles. The molecule has 0 saturated carbocycles. The van der Waals surface area contributed by atoms with Crippen LogP contribution >= 0.6 is 0 Å². The van der Waals surface area contributed by atoms with Crippen LogP contribution in [0.15, 0.2) is 30.5 Å². The van der Waals surface area contributed by atoms with Gasteiger partial charge in [-0.3, -0.25) is 4.68 Å². The maximum Gasteiger partial charge on any atom is 0.220 e. The van der Waals surface area contributed by atoms with Crippen LogP contribution in [-0.2, 0) is 7.05 Å². The second-order valence-corrected chi connectivity index (χ2v) is 5.20. The van der Waals surface area contributed by atoms with E-state index in [1.54, 1.807) is 6.20 Å². The van der Waals surface area contributed by atoms with E-state index in [0.717, 1.165) is 22.2 Å². The van der Waals surface area contributed by atoms with Crippen molar-refractivity contribution in [2.45, 2.75) is 19.8 Å². The van der Waals surface area contributed by atoms with Crippen LogP contribution in [0.5, 0.6) is 0 Å². The predicted molar refractivity (Wildman–Crippen MR) is 80.2 cm³/mol. The average Bonchev–Trinajstić information content (AvgIpc) is 2.73. The quantitative estimate of drug-likeness (QED) is 0.775. The molecule has 0 spiro atoms. The minimum atomic E-state index is 0.290. The zero-order chi connectivity index (χ0) is 14.3. The molecule has 102 valence electrons. The maximum absolute atomic E-state index is 5.65. The zero-order valence-electron chi connectivity index (χ0n) is 11.8. The molecule has 0 saturated heterocycles. The fourth-order valence-electron chi connectivity index (χ4n) is 2.60. The molecule has 2 N–H and O–H groups in total. The number of aryl methyl sites for hydroxylation is 1. The summed E-state index contributed by atoms with van der Waals surface area (Å²) in [6.45, 7) is 4.34. The summed E-state index contributed by atoms with van der Waals surface area (Å²) in [7, 11) is 1.98. The van der Waals surface area contributed by atoms with E-state index in [0.29, 0.717) is 5.92 Å². The van der Waals surface area contributed by atoms with Gasteiger partial charge in [-0.05, 0) is 24.1 Å². The monoisotopic (exact) mass is 267 g/mol. The summed E-state index contributed by atoms with van der Waals surface area (Å²) in [4.78, 5) is 8.20. The van der Waals surface area contributed by atoms with Gasteiger partial charge in [0.15, 0.2) is 0 Å². The van der Waals surface area contributed by atoms with Crippen molar-refractivity contribution in [3.05, 3.63) is 36.2 Å². The van der Waals surface area contributed by atoms with Gasteiger partial charge < -0.3 is 5.73 Å². The Morgan fingerprint density at radius 3 is 2.70 bits per heavy atom. The molecule has 0 bridgehead atoms. The highest BCUT2D eigenvalue weighted by Crippen LogP contribution is 2.28. The number of nitrogens with zero attached hydrogens (tertiary/aromatic N) is 4. The molecule has 0 radical (unpaired) electrons. The van der Waals surface area contributed by atoms with Crippen molar-refractivity contribution in [2.24, 2.45) is 7.05 Å². The van der Waals surface area contributed by atoms with Crippen LogP contribution in [0.4, 0.5) is 5.95 Å². The van der Waals surface area contributed by atoms with E-state index in [-0.39, 0.29) is 5.95 Å². The molecule has 5 nitrogen and oxygen atoms in total. The molecule has 0 aliphatic rings. The van der Waals surface area contributed by atoms with Gasteiger partial charge in [-0.25, -0.2) is 9.97 Å². The lowest BCUT2D eigenvalue weighted by atomic mass is 10.0. The van der Waals surface area contributed by atoms with Crippen LogP contribution in [0, 0.1) is 0 Å². The number of nitrogens with two attached hydrogens (primary N) is 1. The van der Waals surface area contributed by atoms with E-state index >= 15 is 0 Å². The van der Waals surface area contributed by atoms with Crippen molar-refractivity contribution >= 4 is 16.9 Å². The molecule has 3 aromatic rings. The first-order chi connectivity index (χ1) is 9.56. The first kappa shape index (κ1) is 12.6. The average molecular weight is 267 g/mol. The second kappa shape index (κ2) is 4.59. The number of benzene rings is 1. The number of aromatic nitrogens is 4. The summed E-state index contributed by atoms with van der Waals surface area (Å²) < 4.78 is 1.95. The Labute approximate surface area is 117 Å². The van der Waals surface area contributed by atoms with Crippen molar-refractivity contribution in [1.82, 2.24) is 19.7 Å². The highest BCUT2D eigenvalue weighted by Gasteiger charge is 2.13. The standard InChI is InChI=1S/C15H17N5/c1-9(2)14-11-8-10(4-5-13(11)19-20(14)3)12-6-7-17-15(16)18-12/h4-9H,1-3H3,(H2,16,17,18). The molecule has 1 aromatic carbocycles. The summed E-state index contributed by atoms with van der Waals surface area (Å²) >= 11 is 0. The van der Waals surface area contributed by atoms with Gasteiger partial charge in [0.05, 0.1) is 11.2 Å². The van der Waals surface area contributed by atoms with Gasteiger partial charge in [0.25, 0.3) is 0 Å². The zero-order valence-corrected chi connectivity index (χ0v) is 11.8. The second-order valence-electron chi connectivity index (χ2n) is 5.20. The van der Waals surface area contributed by atoms with E-state index in [2.05, 4.69) is 35.0 Å². The summed E-state index contributed by atoms with van der Waals surface area (Å²) in [6.07, 6.45) is 1.68. The SMILES string of the molecule is CC(C)c1c2cc(-c3ccnc(N)n3)ccc2nn1C. The van der Waals surface area contributed by atoms with E-state index in [1.807, 2.05) is 29.9 Å². The molecule has 0 aliphatic carbocycles. The molecule has 0 aliphatic heterocycles. The van der Waals surface area contributed by atoms with Crippen LogP contribution in [0.2, 0.25) is 0 Å². The van der Waals surface area contributed by atoms with Crippen LogP contribution < -0.4 is 5.73 Å². The number of fused-ring (bicyclic) bond motifs is 1. The van der Waals surface area contributed by atoms with Gasteiger partial charge in [-0.1, -0.05) is 19.9 Å². The van der Waals surface area contributed by atoms with Crippen LogP contribution in [-0.4, -0.2) is 19.7 Å². The minimum absolute atomic E-state index is 0.290. The van der Waals surface area contributed by atoms with Crippen molar-refractivity contribution < 1.29 is 0 Å². The summed E-state index contributed by atoms with van der Waals surface area (Å²) in [5.41, 5.74) is 9.74. The van der Waals surface area contributed by atoms with Gasteiger partial charge in [-0.2, -0.15) is 5.10 Å². The lowest BCUT2D eigenvalue weighted by Gasteiger charge is -2.07. The molecule has 0 atom stereocenters. The first-order valence-corrected chi connectivity index (χ1v) is 6.62. The number of hydrogen-bond donors (Lipinski definition) is 1. The van der Waals surface area contributed by atoms with Crippen LogP contribution in [0.1, 0.15) is 25.5 Å². The van der Waals surface area contributed by atoms with Crippen molar-refractivity contribution in [3.63, 3.8) is 0 Å². The summed E-state index contributed by atoms with van der Waals surface area (Å²) in [5, 5.41) is 5.71. The van der Waals surface area contributed by atoms with Gasteiger partial charge >= 0.3 is 0 Å². The molecule has 5 heteroatoms.